The van der Waals surface area contributed by atoms with Gasteiger partial charge in [0.1, 0.15) is 24.0 Å². The van der Waals surface area contributed by atoms with Crippen molar-refractivity contribution in [3.8, 4) is 17.3 Å². The van der Waals surface area contributed by atoms with Crippen molar-refractivity contribution in [3.05, 3.63) is 145 Å². The van der Waals surface area contributed by atoms with E-state index in [-0.39, 0.29) is 0 Å². The normalized spacial score (nSPS) is 12.6. The zero-order valence-corrected chi connectivity index (χ0v) is 26.9. The van der Waals surface area contributed by atoms with Crippen LogP contribution in [0.2, 0.25) is 0 Å². The number of hydrogen-bond donors (Lipinski definition) is 0. The molecule has 0 bridgehead atoms. The van der Waals surface area contributed by atoms with E-state index in [1.807, 2.05) is 18.3 Å². The number of pyridine rings is 1. The summed E-state index contributed by atoms with van der Waals surface area (Å²) >= 11 is 0. The van der Waals surface area contributed by atoms with Gasteiger partial charge in [-0.05, 0) is 90.7 Å². The summed E-state index contributed by atoms with van der Waals surface area (Å²) in [6, 6.07) is 44.8. The van der Waals surface area contributed by atoms with Gasteiger partial charge >= 0.3 is 0 Å². The lowest BCUT2D eigenvalue weighted by atomic mass is 9.94. The third-order valence-electron chi connectivity index (χ3n) is 9.19. The molecule has 3 heterocycles. The van der Waals surface area contributed by atoms with Gasteiger partial charge in [0, 0.05) is 40.5 Å². The van der Waals surface area contributed by atoms with Crippen LogP contribution in [0, 0.1) is 0 Å². The molecule has 0 saturated carbocycles. The lowest BCUT2D eigenvalue weighted by Gasteiger charge is -2.22. The second kappa shape index (κ2) is 12.3. The Kier molecular flexibility index (Phi) is 7.58. The van der Waals surface area contributed by atoms with Crippen LogP contribution in [0.4, 0.5) is 22.7 Å². The molecule has 0 radical (unpaired) electrons. The lowest BCUT2D eigenvalue weighted by molar-refractivity contribution is 0.483. The minimum absolute atomic E-state index is 0.725. The van der Waals surface area contributed by atoms with Gasteiger partial charge in [0.2, 0.25) is 0 Å². The molecule has 232 valence electrons. The molecule has 5 heteroatoms. The van der Waals surface area contributed by atoms with Crippen LogP contribution in [0.25, 0.3) is 27.6 Å². The van der Waals surface area contributed by atoms with Crippen molar-refractivity contribution < 1.29 is 4.74 Å². The molecule has 8 rings (SSSR count). The van der Waals surface area contributed by atoms with Crippen molar-refractivity contribution in [3.63, 3.8) is 0 Å². The highest BCUT2D eigenvalue weighted by Gasteiger charge is 2.28. The number of ether oxygens (including phenoxy) is 1. The molecule has 0 spiro atoms. The molecule has 0 fully saturated rings. The van der Waals surface area contributed by atoms with Crippen LogP contribution < -0.4 is 14.5 Å². The molecule has 1 aliphatic rings. The SMILES string of the molecule is CCCc1ccc2c(c1CCC)c1ccc(Oc3cccc(N4CN(c5ccccc5)c5ccccc54)c3)cc1n2-c1ccccn1. The predicted octanol–water partition coefficient (Wildman–Crippen LogP) is 11.1. The first-order chi connectivity index (χ1) is 23.2. The summed E-state index contributed by atoms with van der Waals surface area (Å²) in [5, 5.41) is 2.57. The van der Waals surface area contributed by atoms with Crippen LogP contribution in [0.5, 0.6) is 11.5 Å². The van der Waals surface area contributed by atoms with Gasteiger partial charge in [-0.3, -0.25) is 4.57 Å². The monoisotopic (exact) mass is 614 g/mol. The van der Waals surface area contributed by atoms with Gasteiger partial charge in [0.05, 0.1) is 22.4 Å². The minimum Gasteiger partial charge on any atom is -0.457 e. The molecule has 0 unspecified atom stereocenters. The van der Waals surface area contributed by atoms with Crippen LogP contribution in [-0.4, -0.2) is 16.2 Å². The van der Waals surface area contributed by atoms with E-state index < -0.39 is 0 Å². The summed E-state index contributed by atoms with van der Waals surface area (Å²) in [5.74, 6) is 2.51. The summed E-state index contributed by atoms with van der Waals surface area (Å²) in [6.07, 6.45) is 6.25. The van der Waals surface area contributed by atoms with Crippen LogP contribution >= 0.6 is 0 Å². The Morgan fingerprint density at radius 1 is 0.617 bits per heavy atom. The third kappa shape index (κ3) is 5.18. The largest absolute Gasteiger partial charge is 0.457 e. The van der Waals surface area contributed by atoms with Gasteiger partial charge in [-0.2, -0.15) is 0 Å². The van der Waals surface area contributed by atoms with Crippen molar-refractivity contribution >= 4 is 44.6 Å². The molecule has 0 amide bonds. The number of benzene rings is 5. The molecule has 0 N–H and O–H groups in total. The fourth-order valence-corrected chi connectivity index (χ4v) is 7.15. The third-order valence-corrected chi connectivity index (χ3v) is 9.19. The Hall–Kier alpha value is -5.55. The van der Waals surface area contributed by atoms with Gasteiger partial charge in [0.25, 0.3) is 0 Å². The maximum absolute atomic E-state index is 6.64. The van der Waals surface area contributed by atoms with Crippen LogP contribution in [-0.2, 0) is 12.8 Å². The molecule has 47 heavy (non-hydrogen) atoms. The molecule has 7 aromatic rings. The van der Waals surface area contributed by atoms with Crippen LogP contribution in [0.15, 0.2) is 134 Å². The maximum atomic E-state index is 6.64. The topological polar surface area (TPSA) is 33.5 Å². The predicted molar refractivity (Wildman–Crippen MR) is 195 cm³/mol. The highest BCUT2D eigenvalue weighted by Crippen LogP contribution is 2.45. The second-order valence-corrected chi connectivity index (χ2v) is 12.2. The number of rotatable bonds is 9. The number of nitrogens with zero attached hydrogens (tertiary/aromatic N) is 4. The Balaban J connectivity index is 1.19. The molecular weight excluding hydrogens is 576 g/mol. The van der Waals surface area contributed by atoms with Crippen molar-refractivity contribution in [1.82, 2.24) is 9.55 Å². The molecule has 0 saturated heterocycles. The summed E-state index contributed by atoms with van der Waals surface area (Å²) in [6.45, 7) is 5.26. The zero-order valence-electron chi connectivity index (χ0n) is 26.9. The molecule has 5 aromatic carbocycles. The van der Waals surface area contributed by atoms with E-state index in [4.69, 9.17) is 9.72 Å². The van der Waals surface area contributed by atoms with Crippen LogP contribution in [0.3, 0.4) is 0 Å². The number of fused-ring (bicyclic) bond motifs is 4. The summed E-state index contributed by atoms with van der Waals surface area (Å²) in [7, 11) is 0. The molecule has 2 aromatic heterocycles. The Labute approximate surface area is 276 Å². The summed E-state index contributed by atoms with van der Waals surface area (Å²) in [4.78, 5) is 9.49. The molecule has 0 atom stereocenters. The van der Waals surface area contributed by atoms with Gasteiger partial charge in [-0.1, -0.05) is 75.2 Å². The number of aromatic nitrogens is 2. The number of hydrogen-bond acceptors (Lipinski definition) is 4. The van der Waals surface area contributed by atoms with E-state index in [1.54, 1.807) is 0 Å². The van der Waals surface area contributed by atoms with Gasteiger partial charge in [-0.15, -0.1) is 0 Å². The molecule has 1 aliphatic heterocycles. The first kappa shape index (κ1) is 28.9. The minimum atomic E-state index is 0.725. The number of aryl methyl sites for hydroxylation is 2. The molecular formula is C42H38N4O. The molecule has 5 nitrogen and oxygen atoms in total. The standard InChI is InChI=1S/C42H38N4O/c1-3-13-30-22-25-39-42(35(30)14-4-2)36-24-23-34(28-40(36)46(39)41-21-10-11-26-43-41)47-33-18-12-17-32(27-33)45-29-44(31-15-6-5-7-16-31)37-19-8-9-20-38(37)45/h5-12,15-28H,3-4,13-14,29H2,1-2H3. The summed E-state index contributed by atoms with van der Waals surface area (Å²) < 4.78 is 8.93. The average molecular weight is 615 g/mol. The van der Waals surface area contributed by atoms with E-state index in [1.165, 1.54) is 44.5 Å². The fourth-order valence-electron chi connectivity index (χ4n) is 7.15. The van der Waals surface area contributed by atoms with E-state index in [0.717, 1.165) is 60.9 Å². The lowest BCUT2D eigenvalue weighted by Crippen LogP contribution is -2.23. The maximum Gasteiger partial charge on any atom is 0.137 e. The van der Waals surface area contributed by atoms with E-state index in [9.17, 15) is 0 Å². The Morgan fingerprint density at radius 3 is 2.11 bits per heavy atom. The quantitative estimate of drug-likeness (QED) is 0.162. The van der Waals surface area contributed by atoms with E-state index in [0.29, 0.717) is 0 Å². The highest BCUT2D eigenvalue weighted by atomic mass is 16.5. The number of para-hydroxylation sites is 3. The fraction of sp³-hybridized carbons (Fsp3) is 0.167. The van der Waals surface area contributed by atoms with Crippen molar-refractivity contribution in [1.29, 1.82) is 0 Å². The highest BCUT2D eigenvalue weighted by molar-refractivity contribution is 6.11. The first-order valence-corrected chi connectivity index (χ1v) is 16.7. The van der Waals surface area contributed by atoms with Crippen LogP contribution in [0.1, 0.15) is 37.8 Å². The number of anilines is 4. The van der Waals surface area contributed by atoms with E-state index in [2.05, 4.69) is 143 Å². The van der Waals surface area contributed by atoms with Gasteiger partial charge in [-0.25, -0.2) is 4.98 Å². The van der Waals surface area contributed by atoms with Crippen molar-refractivity contribution in [2.75, 3.05) is 16.5 Å². The Morgan fingerprint density at radius 2 is 1.34 bits per heavy atom. The molecule has 0 aliphatic carbocycles. The van der Waals surface area contributed by atoms with Crippen molar-refractivity contribution in [2.45, 2.75) is 39.5 Å². The van der Waals surface area contributed by atoms with Gasteiger partial charge < -0.3 is 14.5 Å². The average Bonchev–Trinajstić information content (AvgIpc) is 3.67. The van der Waals surface area contributed by atoms with E-state index >= 15 is 0 Å². The summed E-state index contributed by atoms with van der Waals surface area (Å²) in [5.41, 5.74) is 9.85. The van der Waals surface area contributed by atoms with Gasteiger partial charge in [0.15, 0.2) is 0 Å². The first-order valence-electron chi connectivity index (χ1n) is 16.7. The van der Waals surface area contributed by atoms with Crippen molar-refractivity contribution in [2.24, 2.45) is 0 Å². The second-order valence-electron chi connectivity index (χ2n) is 12.2. The zero-order chi connectivity index (χ0) is 31.7. The smallest absolute Gasteiger partial charge is 0.137 e. The Bertz CT molecular complexity index is 2190.